The van der Waals surface area contributed by atoms with Crippen LogP contribution in [0.1, 0.15) is 0 Å². The molecule has 1 aromatic carbocycles. The number of hydrogen-bond acceptors (Lipinski definition) is 5. The predicted molar refractivity (Wildman–Crippen MR) is 63.1 cm³/mol. The molecule has 0 aliphatic heterocycles. The molecule has 0 unspecified atom stereocenters. The number of phenolic OH excluding ortho intramolecular Hbond substituents is 3. The monoisotopic (exact) mass is 255 g/mol. The summed E-state index contributed by atoms with van der Waals surface area (Å²) in [4.78, 5) is 0. The van der Waals surface area contributed by atoms with Gasteiger partial charge in [0, 0.05) is 18.7 Å². The predicted octanol–water partition coefficient (Wildman–Crippen LogP) is 1.44. The van der Waals surface area contributed by atoms with Crippen LogP contribution in [0.25, 0.3) is 11.1 Å². The zero-order valence-electron chi connectivity index (χ0n) is 8.85. The van der Waals surface area contributed by atoms with Gasteiger partial charge in [-0.1, -0.05) is 11.6 Å². The van der Waals surface area contributed by atoms with Crippen molar-refractivity contribution in [3.8, 4) is 28.4 Å². The molecule has 0 bridgehead atoms. The summed E-state index contributed by atoms with van der Waals surface area (Å²) in [7, 11) is 1.62. The molecule has 0 aliphatic rings. The summed E-state index contributed by atoms with van der Waals surface area (Å²) < 4.78 is 1.38. The van der Waals surface area contributed by atoms with E-state index in [1.54, 1.807) is 7.05 Å². The van der Waals surface area contributed by atoms with E-state index in [4.69, 9.17) is 17.3 Å². The standard InChI is InChI=1S/C10H10ClN3O3/c1-14-10(12)4(3-13-14)7-8(11)5(15)2-6(16)9(7)17/h2-3,15-17H,12H2,1H3. The van der Waals surface area contributed by atoms with Crippen molar-refractivity contribution in [2.24, 2.45) is 7.05 Å². The molecule has 0 amide bonds. The van der Waals surface area contributed by atoms with Gasteiger partial charge in [0.15, 0.2) is 11.5 Å². The third-order valence-electron chi connectivity index (χ3n) is 2.45. The van der Waals surface area contributed by atoms with Gasteiger partial charge >= 0.3 is 0 Å². The van der Waals surface area contributed by atoms with E-state index in [0.29, 0.717) is 5.56 Å². The van der Waals surface area contributed by atoms with Crippen molar-refractivity contribution in [2.75, 3.05) is 5.73 Å². The third kappa shape index (κ3) is 1.62. The van der Waals surface area contributed by atoms with Gasteiger partial charge in [-0.3, -0.25) is 4.68 Å². The van der Waals surface area contributed by atoms with Crippen LogP contribution in [0.2, 0.25) is 5.02 Å². The highest BCUT2D eigenvalue weighted by atomic mass is 35.5. The number of hydrogen-bond donors (Lipinski definition) is 4. The van der Waals surface area contributed by atoms with Gasteiger partial charge in [-0.25, -0.2) is 0 Å². The van der Waals surface area contributed by atoms with Crippen LogP contribution in [-0.2, 0) is 7.05 Å². The highest BCUT2D eigenvalue weighted by Crippen LogP contribution is 2.47. The molecule has 0 fully saturated rings. The molecule has 5 N–H and O–H groups in total. The molecule has 17 heavy (non-hydrogen) atoms. The first-order chi connectivity index (χ1) is 7.93. The number of halogens is 1. The van der Waals surface area contributed by atoms with Crippen molar-refractivity contribution in [3.63, 3.8) is 0 Å². The Bertz CT molecular complexity index is 569. The van der Waals surface area contributed by atoms with Crippen molar-refractivity contribution in [1.82, 2.24) is 9.78 Å². The Hall–Kier alpha value is -2.08. The Balaban J connectivity index is 2.79. The minimum atomic E-state index is -0.481. The van der Waals surface area contributed by atoms with E-state index in [0.717, 1.165) is 6.07 Å². The molecule has 0 aliphatic carbocycles. The second kappa shape index (κ2) is 3.74. The Kier molecular flexibility index (Phi) is 2.51. The number of nitrogens with zero attached hydrogens (tertiary/aromatic N) is 2. The Morgan fingerprint density at radius 1 is 1.29 bits per heavy atom. The van der Waals surface area contributed by atoms with Gasteiger partial charge in [0.05, 0.1) is 16.8 Å². The van der Waals surface area contributed by atoms with E-state index in [9.17, 15) is 15.3 Å². The second-order valence-electron chi connectivity index (χ2n) is 3.52. The zero-order valence-corrected chi connectivity index (χ0v) is 9.60. The van der Waals surface area contributed by atoms with Crippen molar-refractivity contribution in [3.05, 3.63) is 17.3 Å². The summed E-state index contributed by atoms with van der Waals surface area (Å²) in [5.74, 6) is -1.02. The van der Waals surface area contributed by atoms with Gasteiger partial charge in [-0.15, -0.1) is 0 Å². The fraction of sp³-hybridized carbons (Fsp3) is 0.100. The molecule has 0 spiro atoms. The molecule has 1 aromatic heterocycles. The first-order valence-electron chi connectivity index (χ1n) is 4.64. The zero-order chi connectivity index (χ0) is 12.7. The van der Waals surface area contributed by atoms with Crippen LogP contribution in [0, 0.1) is 0 Å². The lowest BCUT2D eigenvalue weighted by atomic mass is 10.1. The van der Waals surface area contributed by atoms with Crippen molar-refractivity contribution < 1.29 is 15.3 Å². The quantitative estimate of drug-likeness (QED) is 0.456. The molecule has 2 rings (SSSR count). The lowest BCUT2D eigenvalue weighted by molar-refractivity contribution is 0.398. The molecule has 0 atom stereocenters. The van der Waals surface area contributed by atoms with Crippen molar-refractivity contribution in [1.29, 1.82) is 0 Å². The summed E-state index contributed by atoms with van der Waals surface area (Å²) >= 11 is 5.87. The summed E-state index contributed by atoms with van der Waals surface area (Å²) in [5.41, 5.74) is 6.13. The largest absolute Gasteiger partial charge is 0.506 e. The summed E-state index contributed by atoms with van der Waals surface area (Å²) in [6, 6.07) is 0.952. The van der Waals surface area contributed by atoms with E-state index >= 15 is 0 Å². The average Bonchev–Trinajstić information content (AvgIpc) is 2.59. The minimum Gasteiger partial charge on any atom is -0.506 e. The van der Waals surface area contributed by atoms with Gasteiger partial charge in [-0.05, 0) is 0 Å². The van der Waals surface area contributed by atoms with E-state index in [2.05, 4.69) is 5.10 Å². The number of aryl methyl sites for hydroxylation is 1. The van der Waals surface area contributed by atoms with Gasteiger partial charge in [0.2, 0.25) is 0 Å². The SMILES string of the molecule is Cn1ncc(-c2c(O)c(O)cc(O)c2Cl)c1N. The number of aromatic hydroxyl groups is 3. The highest BCUT2D eigenvalue weighted by Gasteiger charge is 2.21. The number of nitrogens with two attached hydrogens (primary N) is 1. The summed E-state index contributed by atoms with van der Waals surface area (Å²) in [6.45, 7) is 0. The Morgan fingerprint density at radius 2 is 1.94 bits per heavy atom. The lowest BCUT2D eigenvalue weighted by Crippen LogP contribution is -1.98. The lowest BCUT2D eigenvalue weighted by Gasteiger charge is -2.09. The Morgan fingerprint density at radius 3 is 2.47 bits per heavy atom. The maximum atomic E-state index is 9.75. The maximum Gasteiger partial charge on any atom is 0.167 e. The summed E-state index contributed by atoms with van der Waals surface area (Å²) in [5, 5.41) is 32.5. The van der Waals surface area contributed by atoms with Crippen LogP contribution < -0.4 is 5.73 Å². The van der Waals surface area contributed by atoms with Crippen LogP contribution in [0.5, 0.6) is 17.2 Å². The van der Waals surface area contributed by atoms with Crippen LogP contribution >= 0.6 is 11.6 Å². The normalized spacial score (nSPS) is 10.7. The number of phenols is 3. The molecule has 90 valence electrons. The summed E-state index contributed by atoms with van der Waals surface area (Å²) in [6.07, 6.45) is 1.38. The number of nitrogen functional groups attached to an aromatic ring is 1. The van der Waals surface area contributed by atoms with E-state index < -0.39 is 11.5 Å². The van der Waals surface area contributed by atoms with Crippen LogP contribution in [0.15, 0.2) is 12.3 Å². The fourth-order valence-corrected chi connectivity index (χ4v) is 1.75. The van der Waals surface area contributed by atoms with Crippen LogP contribution in [0.3, 0.4) is 0 Å². The van der Waals surface area contributed by atoms with E-state index in [1.807, 2.05) is 0 Å². The molecule has 0 radical (unpaired) electrons. The topological polar surface area (TPSA) is 105 Å². The first kappa shape index (κ1) is 11.4. The third-order valence-corrected chi connectivity index (χ3v) is 2.83. The van der Waals surface area contributed by atoms with Gasteiger partial charge < -0.3 is 21.1 Å². The number of aromatic nitrogens is 2. The van der Waals surface area contributed by atoms with Crippen molar-refractivity contribution >= 4 is 17.4 Å². The molecule has 2 aromatic rings. The molecule has 0 saturated carbocycles. The van der Waals surface area contributed by atoms with Gasteiger partial charge in [0.1, 0.15) is 11.6 Å². The molecule has 6 nitrogen and oxygen atoms in total. The van der Waals surface area contributed by atoms with Crippen LogP contribution in [-0.4, -0.2) is 25.1 Å². The molecule has 1 heterocycles. The van der Waals surface area contributed by atoms with Crippen LogP contribution in [0.4, 0.5) is 5.82 Å². The maximum absolute atomic E-state index is 9.75. The Labute approximate surface area is 101 Å². The fourth-order valence-electron chi connectivity index (χ4n) is 1.51. The smallest absolute Gasteiger partial charge is 0.167 e. The van der Waals surface area contributed by atoms with E-state index in [-0.39, 0.29) is 22.2 Å². The van der Waals surface area contributed by atoms with Crippen molar-refractivity contribution in [2.45, 2.75) is 0 Å². The molecule has 7 heteroatoms. The van der Waals surface area contributed by atoms with E-state index in [1.165, 1.54) is 10.9 Å². The molecular formula is C10H10ClN3O3. The minimum absolute atomic E-state index is 0.0507. The number of benzene rings is 1. The average molecular weight is 256 g/mol. The molecule has 0 saturated heterocycles. The number of anilines is 1. The second-order valence-corrected chi connectivity index (χ2v) is 3.90. The number of rotatable bonds is 1. The highest BCUT2D eigenvalue weighted by molar-refractivity contribution is 6.35. The molecular weight excluding hydrogens is 246 g/mol. The first-order valence-corrected chi connectivity index (χ1v) is 5.02. The van der Waals surface area contributed by atoms with Gasteiger partial charge in [0.25, 0.3) is 0 Å². The van der Waals surface area contributed by atoms with Gasteiger partial charge in [-0.2, -0.15) is 5.10 Å².